The van der Waals surface area contributed by atoms with Crippen LogP contribution in [0.25, 0.3) is 11.3 Å². The number of rotatable bonds is 4. The molecule has 4 rings (SSSR count). The van der Waals surface area contributed by atoms with Gasteiger partial charge in [0, 0.05) is 37.9 Å². The second-order valence-electron chi connectivity index (χ2n) is 6.78. The van der Waals surface area contributed by atoms with Crippen molar-refractivity contribution in [2.45, 2.75) is 13.8 Å². The van der Waals surface area contributed by atoms with E-state index in [1.165, 1.54) is 0 Å². The molecule has 0 aliphatic carbocycles. The summed E-state index contributed by atoms with van der Waals surface area (Å²) < 4.78 is 5.43. The Morgan fingerprint density at radius 2 is 1.68 bits per heavy atom. The number of carboxylic acids is 1. The molecule has 1 aliphatic rings. The van der Waals surface area contributed by atoms with Crippen molar-refractivity contribution in [3.05, 3.63) is 53.5 Å². The van der Waals surface area contributed by atoms with Gasteiger partial charge < -0.3 is 19.4 Å². The molecule has 28 heavy (non-hydrogen) atoms. The van der Waals surface area contributed by atoms with Gasteiger partial charge in [-0.3, -0.25) is 4.98 Å². The van der Waals surface area contributed by atoms with Crippen molar-refractivity contribution in [3.8, 4) is 11.3 Å². The fourth-order valence-electron chi connectivity index (χ4n) is 3.43. The Hall–Kier alpha value is -3.42. The van der Waals surface area contributed by atoms with Gasteiger partial charge in [0.15, 0.2) is 17.1 Å². The summed E-state index contributed by atoms with van der Waals surface area (Å²) in [5.41, 5.74) is 2.56. The molecule has 0 radical (unpaired) electrons. The molecule has 0 unspecified atom stereocenters. The zero-order chi connectivity index (χ0) is 19.7. The van der Waals surface area contributed by atoms with E-state index in [4.69, 9.17) is 4.52 Å². The zero-order valence-electron chi connectivity index (χ0n) is 15.8. The number of hydrogen-bond acceptors (Lipinski definition) is 7. The van der Waals surface area contributed by atoms with Crippen LogP contribution in [0, 0.1) is 13.8 Å². The Kier molecular flexibility index (Phi) is 4.68. The van der Waals surface area contributed by atoms with Gasteiger partial charge in [-0.1, -0.05) is 35.5 Å². The van der Waals surface area contributed by atoms with E-state index < -0.39 is 5.97 Å². The highest BCUT2D eigenvalue weighted by Crippen LogP contribution is 2.32. The minimum atomic E-state index is -1.04. The topological polar surface area (TPSA) is 95.6 Å². The van der Waals surface area contributed by atoms with Crippen LogP contribution in [0.3, 0.4) is 0 Å². The molecule has 2 aromatic heterocycles. The highest BCUT2D eigenvalue weighted by atomic mass is 16.5. The number of carbonyl (C=O) groups is 1. The number of piperazine rings is 1. The molecule has 0 atom stereocenters. The summed E-state index contributed by atoms with van der Waals surface area (Å²) in [5, 5.41) is 13.9. The van der Waals surface area contributed by atoms with Gasteiger partial charge in [0.2, 0.25) is 0 Å². The number of benzene rings is 1. The van der Waals surface area contributed by atoms with E-state index in [0.717, 1.165) is 17.2 Å². The molecule has 1 aromatic carbocycles. The van der Waals surface area contributed by atoms with Crippen LogP contribution in [0.2, 0.25) is 0 Å². The Labute approximate surface area is 162 Å². The number of nitrogens with zero attached hydrogens (tertiary/aromatic N) is 5. The Bertz CT molecular complexity index is 994. The lowest BCUT2D eigenvalue weighted by molar-refractivity contribution is 0.0698. The van der Waals surface area contributed by atoms with E-state index in [1.54, 1.807) is 6.20 Å². The summed E-state index contributed by atoms with van der Waals surface area (Å²) in [4.78, 5) is 25.0. The molecule has 1 saturated heterocycles. The van der Waals surface area contributed by atoms with Crippen molar-refractivity contribution in [2.24, 2.45) is 0 Å². The molecule has 0 spiro atoms. The Balaban J connectivity index is 1.58. The smallest absolute Gasteiger partial charge is 0.343 e. The van der Waals surface area contributed by atoms with Gasteiger partial charge in [-0.25, -0.2) is 9.78 Å². The van der Waals surface area contributed by atoms with Crippen molar-refractivity contribution in [2.75, 3.05) is 36.0 Å². The van der Waals surface area contributed by atoms with Crippen molar-refractivity contribution in [3.63, 3.8) is 0 Å². The van der Waals surface area contributed by atoms with Crippen LogP contribution >= 0.6 is 0 Å². The van der Waals surface area contributed by atoms with Crippen LogP contribution in [-0.2, 0) is 0 Å². The van der Waals surface area contributed by atoms with E-state index in [2.05, 4.69) is 20.0 Å². The molecule has 1 aliphatic heterocycles. The maximum absolute atomic E-state index is 11.9. The molecule has 0 amide bonds. The lowest BCUT2D eigenvalue weighted by Crippen LogP contribution is -2.47. The van der Waals surface area contributed by atoms with E-state index >= 15 is 0 Å². The summed E-state index contributed by atoms with van der Waals surface area (Å²) in [6.45, 7) is 6.51. The second kappa shape index (κ2) is 7.30. The minimum Gasteiger partial charge on any atom is -0.477 e. The van der Waals surface area contributed by atoms with Crippen LogP contribution in [0.4, 0.5) is 11.6 Å². The average Bonchev–Trinajstić information content (AvgIpc) is 3.16. The van der Waals surface area contributed by atoms with Gasteiger partial charge in [-0.2, -0.15) is 0 Å². The summed E-state index contributed by atoms with van der Waals surface area (Å²) in [5.74, 6) is 0.491. The Morgan fingerprint density at radius 1 is 1.04 bits per heavy atom. The van der Waals surface area contributed by atoms with Crippen LogP contribution in [0.1, 0.15) is 21.7 Å². The lowest BCUT2D eigenvalue weighted by Gasteiger charge is -2.35. The first-order chi connectivity index (χ1) is 13.5. The summed E-state index contributed by atoms with van der Waals surface area (Å²) in [7, 11) is 0. The van der Waals surface area contributed by atoms with E-state index in [0.29, 0.717) is 37.6 Å². The molecular formula is C20H21N5O3. The number of anilines is 2. The van der Waals surface area contributed by atoms with E-state index in [9.17, 15) is 9.90 Å². The average molecular weight is 379 g/mol. The number of carboxylic acid groups (broad SMARTS) is 1. The normalized spacial score (nSPS) is 14.4. The van der Waals surface area contributed by atoms with Gasteiger partial charge >= 0.3 is 5.97 Å². The van der Waals surface area contributed by atoms with Crippen molar-refractivity contribution < 1.29 is 14.4 Å². The van der Waals surface area contributed by atoms with Crippen molar-refractivity contribution >= 4 is 17.6 Å². The summed E-state index contributed by atoms with van der Waals surface area (Å²) >= 11 is 0. The highest BCUT2D eigenvalue weighted by Gasteiger charge is 2.30. The third kappa shape index (κ3) is 3.28. The number of aryl methyl sites for hydroxylation is 2. The van der Waals surface area contributed by atoms with Gasteiger partial charge in [0.05, 0.1) is 11.4 Å². The molecular weight excluding hydrogens is 358 g/mol. The number of hydrogen-bond donors (Lipinski definition) is 1. The fourth-order valence-corrected chi connectivity index (χ4v) is 3.43. The molecule has 1 N–H and O–H groups in total. The summed E-state index contributed by atoms with van der Waals surface area (Å²) in [6.07, 6.45) is 1.76. The SMILES string of the molecule is Cc1cnc(C)c(N2CCN(c3noc(-c4ccccc4)c3C(=O)O)CC2)n1. The van der Waals surface area contributed by atoms with Gasteiger partial charge in [-0.15, -0.1) is 0 Å². The first-order valence-electron chi connectivity index (χ1n) is 9.13. The van der Waals surface area contributed by atoms with Crippen LogP contribution in [0.15, 0.2) is 41.1 Å². The van der Waals surface area contributed by atoms with Crippen LogP contribution in [0.5, 0.6) is 0 Å². The summed E-state index contributed by atoms with van der Waals surface area (Å²) in [6, 6.07) is 9.18. The third-order valence-corrected chi connectivity index (χ3v) is 4.85. The monoisotopic (exact) mass is 379 g/mol. The molecule has 0 saturated carbocycles. The van der Waals surface area contributed by atoms with Gasteiger partial charge in [0.1, 0.15) is 5.82 Å². The maximum Gasteiger partial charge on any atom is 0.343 e. The van der Waals surface area contributed by atoms with E-state index in [-0.39, 0.29) is 11.3 Å². The van der Waals surface area contributed by atoms with Gasteiger partial charge in [-0.05, 0) is 13.8 Å². The number of aromatic carboxylic acids is 1. The fraction of sp³-hybridized carbons (Fsp3) is 0.300. The van der Waals surface area contributed by atoms with E-state index in [1.807, 2.05) is 49.1 Å². The third-order valence-electron chi connectivity index (χ3n) is 4.85. The largest absolute Gasteiger partial charge is 0.477 e. The Morgan fingerprint density at radius 3 is 2.32 bits per heavy atom. The molecule has 144 valence electrons. The molecule has 3 heterocycles. The lowest BCUT2D eigenvalue weighted by atomic mass is 10.1. The first kappa shape index (κ1) is 18.0. The molecule has 3 aromatic rings. The van der Waals surface area contributed by atoms with Crippen LogP contribution in [-0.4, -0.2) is 52.4 Å². The molecule has 8 heteroatoms. The predicted octanol–water partition coefficient (Wildman–Crippen LogP) is 2.77. The van der Waals surface area contributed by atoms with Crippen molar-refractivity contribution in [1.29, 1.82) is 0 Å². The van der Waals surface area contributed by atoms with Gasteiger partial charge in [0.25, 0.3) is 0 Å². The highest BCUT2D eigenvalue weighted by molar-refractivity contribution is 5.99. The molecule has 1 fully saturated rings. The van der Waals surface area contributed by atoms with Crippen LogP contribution < -0.4 is 9.80 Å². The minimum absolute atomic E-state index is 0.103. The first-order valence-corrected chi connectivity index (χ1v) is 9.13. The predicted molar refractivity (Wildman–Crippen MR) is 105 cm³/mol. The zero-order valence-corrected chi connectivity index (χ0v) is 15.8. The maximum atomic E-state index is 11.9. The molecule has 0 bridgehead atoms. The number of aromatic nitrogens is 3. The quantitative estimate of drug-likeness (QED) is 0.739. The standard InChI is InChI=1S/C20H21N5O3/c1-13-12-21-14(2)18(22-13)24-8-10-25(11-9-24)19-16(20(26)27)17(28-23-19)15-6-4-3-5-7-15/h3-7,12H,8-11H2,1-2H3,(H,26,27). The second-order valence-corrected chi connectivity index (χ2v) is 6.78. The molecule has 8 nitrogen and oxygen atoms in total. The van der Waals surface area contributed by atoms with Crippen molar-refractivity contribution in [1.82, 2.24) is 15.1 Å².